The van der Waals surface area contributed by atoms with Gasteiger partial charge in [-0.3, -0.25) is 0 Å². The third-order valence-electron chi connectivity index (χ3n) is 5.49. The van der Waals surface area contributed by atoms with Crippen molar-refractivity contribution in [3.63, 3.8) is 0 Å². The molecular formula is C21H28FNO2. The molecule has 3 rings (SSSR count). The number of carbonyl (C=O) groups excluding carboxylic acids is 1. The lowest BCUT2D eigenvalue weighted by atomic mass is 9.87. The summed E-state index contributed by atoms with van der Waals surface area (Å²) in [6.45, 7) is 2.78. The normalized spacial score (nSPS) is 26.1. The van der Waals surface area contributed by atoms with Gasteiger partial charge in [0, 0.05) is 5.92 Å². The Morgan fingerprint density at radius 3 is 2.72 bits per heavy atom. The zero-order valence-electron chi connectivity index (χ0n) is 15.0. The lowest BCUT2D eigenvalue weighted by Gasteiger charge is -2.28. The number of nitrogens with zero attached hydrogens (tertiary/aromatic N) is 1. The molecule has 25 heavy (non-hydrogen) atoms. The van der Waals surface area contributed by atoms with E-state index in [0.717, 1.165) is 62.6 Å². The van der Waals surface area contributed by atoms with Crippen LogP contribution in [0.5, 0.6) is 0 Å². The van der Waals surface area contributed by atoms with Crippen molar-refractivity contribution in [2.45, 2.75) is 38.5 Å². The molecule has 0 aromatic carbocycles. The van der Waals surface area contributed by atoms with Crippen molar-refractivity contribution in [2.24, 2.45) is 11.8 Å². The van der Waals surface area contributed by atoms with Crippen LogP contribution in [0.3, 0.4) is 0 Å². The van der Waals surface area contributed by atoms with Crippen LogP contribution in [0.15, 0.2) is 47.0 Å². The Kier molecular flexibility index (Phi) is 6.24. The fraction of sp³-hybridized carbons (Fsp3) is 0.571. The van der Waals surface area contributed by atoms with Gasteiger partial charge in [-0.25, -0.2) is 4.39 Å². The van der Waals surface area contributed by atoms with E-state index in [0.29, 0.717) is 24.7 Å². The van der Waals surface area contributed by atoms with Gasteiger partial charge in [-0.15, -0.1) is 0 Å². The van der Waals surface area contributed by atoms with Crippen molar-refractivity contribution in [1.29, 1.82) is 0 Å². The van der Waals surface area contributed by atoms with Crippen molar-refractivity contribution in [3.8, 4) is 0 Å². The van der Waals surface area contributed by atoms with E-state index < -0.39 is 0 Å². The fourth-order valence-electron chi connectivity index (χ4n) is 3.69. The molecule has 136 valence electrons. The van der Waals surface area contributed by atoms with E-state index in [1.165, 1.54) is 0 Å². The molecule has 0 saturated carbocycles. The monoisotopic (exact) mass is 345 g/mol. The first-order valence-corrected chi connectivity index (χ1v) is 9.39. The highest BCUT2D eigenvalue weighted by Crippen LogP contribution is 2.31. The van der Waals surface area contributed by atoms with Gasteiger partial charge < -0.3 is 14.4 Å². The topological polar surface area (TPSA) is 29.5 Å². The van der Waals surface area contributed by atoms with Crippen LogP contribution >= 0.6 is 0 Å². The minimum atomic E-state index is -0.282. The first-order valence-electron chi connectivity index (χ1n) is 9.39. The SMILES string of the molecule is CN1CCC(COC2=CCC=C(C3=CCC(C=O)CC3)C=C2F)CC1. The third-order valence-corrected chi connectivity index (χ3v) is 5.49. The predicted octanol–water partition coefficient (Wildman–Crippen LogP) is 4.34. The molecule has 0 aromatic heterocycles. The van der Waals surface area contributed by atoms with Crippen molar-refractivity contribution in [1.82, 2.24) is 4.90 Å². The summed E-state index contributed by atoms with van der Waals surface area (Å²) in [4.78, 5) is 13.2. The zero-order valence-corrected chi connectivity index (χ0v) is 15.0. The summed E-state index contributed by atoms with van der Waals surface area (Å²) in [6, 6.07) is 0. The van der Waals surface area contributed by atoms with Gasteiger partial charge in [-0.1, -0.05) is 12.2 Å². The average molecular weight is 345 g/mol. The zero-order chi connectivity index (χ0) is 17.6. The first kappa shape index (κ1) is 18.1. The molecule has 0 amide bonds. The number of piperidine rings is 1. The quantitative estimate of drug-likeness (QED) is 0.694. The first-order chi connectivity index (χ1) is 12.2. The number of halogens is 1. The molecule has 3 nitrogen and oxygen atoms in total. The second-order valence-corrected chi connectivity index (χ2v) is 7.41. The highest BCUT2D eigenvalue weighted by atomic mass is 19.1. The summed E-state index contributed by atoms with van der Waals surface area (Å²) in [6.07, 6.45) is 14.0. The molecule has 0 N–H and O–H groups in total. The Labute approximate surface area is 149 Å². The summed E-state index contributed by atoms with van der Waals surface area (Å²) in [7, 11) is 2.14. The lowest BCUT2D eigenvalue weighted by molar-refractivity contribution is -0.111. The van der Waals surface area contributed by atoms with E-state index >= 15 is 0 Å². The molecule has 1 heterocycles. The highest BCUT2D eigenvalue weighted by molar-refractivity contribution is 5.56. The Hall–Kier alpha value is -1.68. The maximum Gasteiger partial charge on any atom is 0.165 e. The van der Waals surface area contributed by atoms with Gasteiger partial charge in [0.15, 0.2) is 11.6 Å². The smallest absolute Gasteiger partial charge is 0.165 e. The second-order valence-electron chi connectivity index (χ2n) is 7.41. The van der Waals surface area contributed by atoms with Crippen LogP contribution in [0, 0.1) is 11.8 Å². The van der Waals surface area contributed by atoms with Crippen molar-refractivity contribution >= 4 is 6.29 Å². The summed E-state index contributed by atoms with van der Waals surface area (Å²) in [5.74, 6) is 0.736. The van der Waals surface area contributed by atoms with Crippen LogP contribution in [0.25, 0.3) is 0 Å². The van der Waals surface area contributed by atoms with Gasteiger partial charge in [-0.2, -0.15) is 0 Å². The number of hydrogen-bond donors (Lipinski definition) is 0. The molecule has 1 atom stereocenters. The number of likely N-dealkylation sites (tertiary alicyclic amines) is 1. The summed E-state index contributed by atoms with van der Waals surface area (Å²) in [5.41, 5.74) is 2.09. The Balaban J connectivity index is 1.57. The number of ether oxygens (including phenoxy) is 1. The van der Waals surface area contributed by atoms with Crippen LogP contribution in [0.2, 0.25) is 0 Å². The molecule has 1 aliphatic heterocycles. The van der Waals surface area contributed by atoms with Gasteiger partial charge in [0.05, 0.1) is 6.61 Å². The lowest BCUT2D eigenvalue weighted by Crippen LogP contribution is -2.31. The fourth-order valence-corrected chi connectivity index (χ4v) is 3.69. The third kappa shape index (κ3) is 4.91. The number of allylic oxidation sites excluding steroid dienone is 7. The van der Waals surface area contributed by atoms with Crippen LogP contribution in [0.4, 0.5) is 4.39 Å². The van der Waals surface area contributed by atoms with E-state index in [-0.39, 0.29) is 11.7 Å². The van der Waals surface area contributed by atoms with Crippen LogP contribution < -0.4 is 0 Å². The number of rotatable bonds is 5. The molecule has 1 saturated heterocycles. The van der Waals surface area contributed by atoms with Gasteiger partial charge >= 0.3 is 0 Å². The standard InChI is InChI=1S/C21H28FNO2/c1-23-11-9-17(10-12-23)15-25-21-4-2-3-19(13-20(21)22)18-7-5-16(14-24)6-8-18/h3-4,7,13-14,16-17H,2,5-6,8-12,15H2,1H3. The average Bonchev–Trinajstić information content (AvgIpc) is 2.83. The van der Waals surface area contributed by atoms with Crippen LogP contribution in [-0.2, 0) is 9.53 Å². The van der Waals surface area contributed by atoms with Gasteiger partial charge in [0.1, 0.15) is 6.29 Å². The Morgan fingerprint density at radius 2 is 2.04 bits per heavy atom. The highest BCUT2D eigenvalue weighted by Gasteiger charge is 2.20. The van der Waals surface area contributed by atoms with E-state index in [1.54, 1.807) is 6.08 Å². The van der Waals surface area contributed by atoms with Gasteiger partial charge in [-0.05, 0) is 87.9 Å². The molecule has 0 radical (unpaired) electrons. The van der Waals surface area contributed by atoms with E-state index in [9.17, 15) is 9.18 Å². The largest absolute Gasteiger partial charge is 0.491 e. The van der Waals surface area contributed by atoms with Crippen molar-refractivity contribution < 1.29 is 13.9 Å². The molecule has 3 aliphatic rings. The molecular weight excluding hydrogens is 317 g/mol. The summed E-state index contributed by atoms with van der Waals surface area (Å²) < 4.78 is 20.4. The molecule has 1 unspecified atom stereocenters. The van der Waals surface area contributed by atoms with Crippen molar-refractivity contribution in [3.05, 3.63) is 47.0 Å². The molecule has 2 aliphatic carbocycles. The van der Waals surface area contributed by atoms with E-state index in [4.69, 9.17) is 4.74 Å². The predicted molar refractivity (Wildman–Crippen MR) is 97.6 cm³/mol. The molecule has 4 heteroatoms. The number of aldehydes is 1. The molecule has 0 aromatic rings. The van der Waals surface area contributed by atoms with Crippen LogP contribution in [0.1, 0.15) is 38.5 Å². The van der Waals surface area contributed by atoms with Gasteiger partial charge in [0.25, 0.3) is 0 Å². The Bertz CT molecular complexity index is 609. The number of carbonyl (C=O) groups is 1. The maximum absolute atomic E-state index is 14.6. The van der Waals surface area contributed by atoms with Gasteiger partial charge in [0.2, 0.25) is 0 Å². The summed E-state index contributed by atoms with van der Waals surface area (Å²) in [5, 5.41) is 0. The van der Waals surface area contributed by atoms with E-state index in [2.05, 4.69) is 24.1 Å². The van der Waals surface area contributed by atoms with Crippen LogP contribution in [-0.4, -0.2) is 37.9 Å². The Morgan fingerprint density at radius 1 is 1.24 bits per heavy atom. The number of hydrogen-bond acceptors (Lipinski definition) is 3. The second kappa shape index (κ2) is 8.61. The van der Waals surface area contributed by atoms with Crippen molar-refractivity contribution in [2.75, 3.05) is 26.7 Å². The minimum Gasteiger partial charge on any atom is -0.491 e. The molecule has 1 fully saturated rings. The molecule has 0 bridgehead atoms. The molecule has 0 spiro atoms. The summed E-state index contributed by atoms with van der Waals surface area (Å²) >= 11 is 0. The van der Waals surface area contributed by atoms with E-state index in [1.807, 2.05) is 6.08 Å². The minimum absolute atomic E-state index is 0.121. The maximum atomic E-state index is 14.6.